The molecule has 1 aliphatic rings. The van der Waals surface area contributed by atoms with Gasteiger partial charge in [-0.1, -0.05) is 23.8 Å². The van der Waals surface area contributed by atoms with Crippen LogP contribution in [0.25, 0.3) is 10.6 Å². The van der Waals surface area contributed by atoms with Crippen LogP contribution >= 0.6 is 11.3 Å². The molecule has 4 rings (SSSR count). The van der Waals surface area contributed by atoms with Crippen molar-refractivity contribution in [2.75, 3.05) is 12.1 Å². The van der Waals surface area contributed by atoms with Gasteiger partial charge in [-0.15, -0.1) is 11.3 Å². The number of rotatable bonds is 4. The van der Waals surface area contributed by atoms with Crippen LogP contribution in [-0.4, -0.2) is 17.7 Å². The Morgan fingerprint density at radius 1 is 1.20 bits per heavy atom. The Morgan fingerprint density at radius 2 is 2.08 bits per heavy atom. The number of carbonyl (C=O) groups is 1. The molecule has 5 nitrogen and oxygen atoms in total. The molecule has 1 aliphatic heterocycles. The number of hydrogen-bond donors (Lipinski definition) is 1. The third-order valence-electron chi connectivity index (χ3n) is 3.81. The van der Waals surface area contributed by atoms with Crippen LogP contribution in [0.2, 0.25) is 0 Å². The molecule has 0 atom stereocenters. The maximum Gasteiger partial charge on any atom is 0.231 e. The lowest BCUT2D eigenvalue weighted by molar-refractivity contribution is -0.115. The molecule has 0 spiro atoms. The number of fused-ring (bicyclic) bond motifs is 1. The third-order valence-corrected chi connectivity index (χ3v) is 4.75. The number of ether oxygens (including phenoxy) is 2. The highest BCUT2D eigenvalue weighted by atomic mass is 32.1. The van der Waals surface area contributed by atoms with Gasteiger partial charge < -0.3 is 14.8 Å². The van der Waals surface area contributed by atoms with Crippen LogP contribution in [0, 0.1) is 6.92 Å². The Labute approximate surface area is 149 Å². The van der Waals surface area contributed by atoms with E-state index >= 15 is 0 Å². The second kappa shape index (κ2) is 6.57. The highest BCUT2D eigenvalue weighted by Gasteiger charge is 2.15. The molecule has 1 aromatic heterocycles. The van der Waals surface area contributed by atoms with Gasteiger partial charge in [0, 0.05) is 22.7 Å². The smallest absolute Gasteiger partial charge is 0.231 e. The van der Waals surface area contributed by atoms with Gasteiger partial charge in [0.2, 0.25) is 12.7 Å². The average Bonchev–Trinajstić information content (AvgIpc) is 3.23. The molecule has 0 saturated carbocycles. The summed E-state index contributed by atoms with van der Waals surface area (Å²) >= 11 is 1.55. The molecule has 126 valence electrons. The fraction of sp³-hybridized carbons (Fsp3) is 0.158. The number of aryl methyl sites for hydroxylation is 1. The molecule has 0 aliphatic carbocycles. The molecule has 2 aromatic carbocycles. The summed E-state index contributed by atoms with van der Waals surface area (Å²) in [5, 5.41) is 5.72. The van der Waals surface area contributed by atoms with E-state index < -0.39 is 0 Å². The van der Waals surface area contributed by atoms with Crippen LogP contribution in [0.1, 0.15) is 11.3 Å². The van der Waals surface area contributed by atoms with Crippen LogP contribution < -0.4 is 14.8 Å². The molecular formula is C19H16N2O3S. The van der Waals surface area contributed by atoms with E-state index in [0.717, 1.165) is 16.3 Å². The highest BCUT2D eigenvalue weighted by Crippen LogP contribution is 2.34. The molecule has 2 heterocycles. The molecular weight excluding hydrogens is 336 g/mol. The lowest BCUT2D eigenvalue weighted by Gasteiger charge is -2.05. The van der Waals surface area contributed by atoms with Crippen molar-refractivity contribution < 1.29 is 14.3 Å². The Kier molecular flexibility index (Phi) is 4.11. The van der Waals surface area contributed by atoms with Crippen molar-refractivity contribution in [1.29, 1.82) is 0 Å². The SMILES string of the molecule is Cc1cccc(-c2nc(CC(=O)Nc3ccc4c(c3)OCO4)cs2)c1. The van der Waals surface area contributed by atoms with E-state index in [1.165, 1.54) is 5.56 Å². The average molecular weight is 352 g/mol. The largest absolute Gasteiger partial charge is 0.454 e. The Bertz CT molecular complexity index is 936. The van der Waals surface area contributed by atoms with Crippen molar-refractivity contribution in [2.45, 2.75) is 13.3 Å². The number of nitrogens with one attached hydrogen (secondary N) is 1. The summed E-state index contributed by atoms with van der Waals surface area (Å²) in [5.41, 5.74) is 3.71. The molecule has 25 heavy (non-hydrogen) atoms. The summed E-state index contributed by atoms with van der Waals surface area (Å²) in [4.78, 5) is 16.8. The quantitative estimate of drug-likeness (QED) is 0.770. The van der Waals surface area contributed by atoms with Crippen LogP contribution in [0.15, 0.2) is 47.8 Å². The summed E-state index contributed by atoms with van der Waals surface area (Å²) < 4.78 is 10.6. The van der Waals surface area contributed by atoms with Gasteiger partial charge in [-0.25, -0.2) is 4.98 Å². The van der Waals surface area contributed by atoms with E-state index in [1.807, 2.05) is 17.5 Å². The zero-order valence-electron chi connectivity index (χ0n) is 13.6. The zero-order valence-corrected chi connectivity index (χ0v) is 14.4. The first-order valence-corrected chi connectivity index (χ1v) is 8.76. The minimum absolute atomic E-state index is 0.111. The summed E-state index contributed by atoms with van der Waals surface area (Å²) in [6, 6.07) is 13.5. The Morgan fingerprint density at radius 3 is 2.96 bits per heavy atom. The lowest BCUT2D eigenvalue weighted by Crippen LogP contribution is -2.14. The second-order valence-corrected chi connectivity index (χ2v) is 6.66. The van der Waals surface area contributed by atoms with E-state index in [-0.39, 0.29) is 19.1 Å². The summed E-state index contributed by atoms with van der Waals surface area (Å²) in [6.45, 7) is 2.27. The zero-order chi connectivity index (χ0) is 17.2. The first-order chi connectivity index (χ1) is 12.2. The second-order valence-electron chi connectivity index (χ2n) is 5.81. The van der Waals surface area contributed by atoms with Gasteiger partial charge in [-0.3, -0.25) is 4.79 Å². The monoisotopic (exact) mass is 352 g/mol. The number of amides is 1. The van der Waals surface area contributed by atoms with E-state index in [2.05, 4.69) is 29.4 Å². The molecule has 3 aromatic rings. The standard InChI is InChI=1S/C19H16N2O3S/c1-12-3-2-4-13(7-12)19-21-15(10-25-19)9-18(22)20-14-5-6-16-17(8-14)24-11-23-16/h2-8,10H,9,11H2,1H3,(H,20,22). The van der Waals surface area contributed by atoms with Crippen LogP contribution in [0.3, 0.4) is 0 Å². The maximum atomic E-state index is 12.3. The molecule has 6 heteroatoms. The summed E-state index contributed by atoms with van der Waals surface area (Å²) in [5.74, 6) is 1.23. The predicted molar refractivity (Wildman–Crippen MR) is 97.2 cm³/mol. The van der Waals surface area contributed by atoms with Gasteiger partial charge in [-0.05, 0) is 25.1 Å². The van der Waals surface area contributed by atoms with E-state index in [4.69, 9.17) is 9.47 Å². The van der Waals surface area contributed by atoms with Gasteiger partial charge in [-0.2, -0.15) is 0 Å². The van der Waals surface area contributed by atoms with Crippen molar-refractivity contribution in [3.8, 4) is 22.1 Å². The minimum Gasteiger partial charge on any atom is -0.454 e. The topological polar surface area (TPSA) is 60.5 Å². The van der Waals surface area contributed by atoms with Crippen LogP contribution in [0.5, 0.6) is 11.5 Å². The number of thiazole rings is 1. The van der Waals surface area contributed by atoms with Crippen molar-refractivity contribution >= 4 is 22.9 Å². The molecule has 0 unspecified atom stereocenters. The number of anilines is 1. The predicted octanol–water partition coefficient (Wildman–Crippen LogP) is 4.03. The number of hydrogen-bond acceptors (Lipinski definition) is 5. The normalized spacial score (nSPS) is 12.2. The first kappa shape index (κ1) is 15.7. The first-order valence-electron chi connectivity index (χ1n) is 7.88. The molecule has 0 bridgehead atoms. The Hall–Kier alpha value is -2.86. The van der Waals surface area contributed by atoms with Crippen LogP contribution in [-0.2, 0) is 11.2 Å². The molecule has 0 saturated heterocycles. The molecule has 0 fully saturated rings. The molecule has 0 radical (unpaired) electrons. The van der Waals surface area contributed by atoms with Gasteiger partial charge in [0.15, 0.2) is 11.5 Å². The molecule has 1 amide bonds. The minimum atomic E-state index is -0.111. The van der Waals surface area contributed by atoms with Crippen LogP contribution in [0.4, 0.5) is 5.69 Å². The third kappa shape index (κ3) is 3.49. The lowest BCUT2D eigenvalue weighted by atomic mass is 10.1. The number of nitrogens with zero attached hydrogens (tertiary/aromatic N) is 1. The highest BCUT2D eigenvalue weighted by molar-refractivity contribution is 7.13. The van der Waals surface area contributed by atoms with E-state index in [9.17, 15) is 4.79 Å². The summed E-state index contributed by atoms with van der Waals surface area (Å²) in [7, 11) is 0. The fourth-order valence-electron chi connectivity index (χ4n) is 2.64. The number of carbonyl (C=O) groups excluding carboxylic acids is 1. The van der Waals surface area contributed by atoms with Gasteiger partial charge in [0.1, 0.15) is 5.01 Å². The van der Waals surface area contributed by atoms with E-state index in [1.54, 1.807) is 29.5 Å². The maximum absolute atomic E-state index is 12.3. The number of aromatic nitrogens is 1. The van der Waals surface area contributed by atoms with Crippen molar-refractivity contribution in [2.24, 2.45) is 0 Å². The summed E-state index contributed by atoms with van der Waals surface area (Å²) in [6.07, 6.45) is 0.233. The fourth-order valence-corrected chi connectivity index (χ4v) is 3.46. The van der Waals surface area contributed by atoms with Crippen molar-refractivity contribution in [1.82, 2.24) is 4.98 Å². The van der Waals surface area contributed by atoms with Gasteiger partial charge in [0.25, 0.3) is 0 Å². The van der Waals surface area contributed by atoms with Gasteiger partial charge in [0.05, 0.1) is 12.1 Å². The number of benzene rings is 2. The Balaban J connectivity index is 1.43. The van der Waals surface area contributed by atoms with Gasteiger partial charge >= 0.3 is 0 Å². The van der Waals surface area contributed by atoms with Crippen molar-refractivity contribution in [3.05, 3.63) is 59.1 Å². The van der Waals surface area contributed by atoms with E-state index in [0.29, 0.717) is 17.2 Å². The van der Waals surface area contributed by atoms with Crippen molar-refractivity contribution in [3.63, 3.8) is 0 Å². The molecule has 1 N–H and O–H groups in total.